The van der Waals surface area contributed by atoms with Crippen LogP contribution in [-0.4, -0.2) is 62.4 Å². The number of benzene rings is 2. The lowest BCUT2D eigenvalue weighted by molar-refractivity contribution is -0.386. The molecule has 0 spiro atoms. The third kappa shape index (κ3) is 7.13. The Morgan fingerprint density at radius 3 is 1.29 bits per heavy atom. The first-order valence-electron chi connectivity index (χ1n) is 10.2. The molecule has 14 nitrogen and oxygen atoms in total. The normalized spacial score (nSPS) is 11.0. The number of nitro benzene ring substituents is 2. The second-order valence-electron chi connectivity index (χ2n) is 7.07. The lowest BCUT2D eigenvalue weighted by Crippen LogP contribution is -2.17. The van der Waals surface area contributed by atoms with Crippen molar-refractivity contribution < 1.29 is 74.6 Å². The van der Waals surface area contributed by atoms with Gasteiger partial charge >= 0.3 is 35.7 Å². The van der Waals surface area contributed by atoms with Crippen molar-refractivity contribution in [2.45, 2.75) is 12.4 Å². The minimum absolute atomic E-state index is 0.343. The first-order chi connectivity index (χ1) is 18.8. The molecule has 0 bridgehead atoms. The van der Waals surface area contributed by atoms with Crippen molar-refractivity contribution >= 4 is 23.3 Å². The van der Waals surface area contributed by atoms with Gasteiger partial charge in [-0.1, -0.05) is 0 Å². The number of carboxylic acids is 1. The molecule has 0 amide bonds. The van der Waals surface area contributed by atoms with Crippen LogP contribution in [0.1, 0.15) is 31.8 Å². The quantitative estimate of drug-likeness (QED) is 0.189. The monoisotopic (exact) mass is 604 g/mol. The van der Waals surface area contributed by atoms with Gasteiger partial charge in [-0.15, -0.1) is 0 Å². The number of aromatic carboxylic acids is 1. The van der Waals surface area contributed by atoms with Gasteiger partial charge in [0.1, 0.15) is 0 Å². The van der Waals surface area contributed by atoms with E-state index in [4.69, 9.17) is 5.11 Å². The predicted octanol–water partition coefficient (Wildman–Crippen LogP) is 4.75. The molecule has 2 rings (SSSR count). The summed E-state index contributed by atoms with van der Waals surface area (Å²) in [6.45, 7) is 0. The maximum Gasteiger partial charge on any atom is 0.417 e. The number of carbonyl (C=O) groups excluding carboxylic acids is 1. The van der Waals surface area contributed by atoms with E-state index in [-0.39, 0.29) is 0 Å². The summed E-state index contributed by atoms with van der Waals surface area (Å²) < 4.78 is 100. The van der Waals surface area contributed by atoms with E-state index in [1.54, 1.807) is 0 Å². The highest BCUT2D eigenvalue weighted by molar-refractivity contribution is 5.98. The van der Waals surface area contributed by atoms with Crippen LogP contribution in [0.3, 0.4) is 0 Å². The molecule has 0 unspecified atom stereocenters. The lowest BCUT2D eigenvalue weighted by atomic mass is 10.0. The molecule has 0 radical (unpaired) electrons. The highest BCUT2D eigenvalue weighted by Crippen LogP contribution is 2.47. The molecule has 0 atom stereocenters. The fraction of sp³-hybridized carbons (Fsp3) is 0.333. The number of nitrogens with zero attached hydrogens (tertiary/aromatic N) is 2. The Morgan fingerprint density at radius 1 is 0.707 bits per heavy atom. The SMILES string of the molecule is COC(=O)c1c(C(F)(F)F)cc(OC)c(OC)c1[N+](=O)[O-].COc1cc(C(F)(F)F)c(C(=O)O)c([N+](=O)[O-])c1OC. The zero-order chi connectivity index (χ0) is 32.0. The van der Waals surface area contributed by atoms with Crippen molar-refractivity contribution in [2.24, 2.45) is 0 Å². The minimum atomic E-state index is -5.10. The summed E-state index contributed by atoms with van der Waals surface area (Å²) in [6.07, 6.45) is -10.1. The van der Waals surface area contributed by atoms with Gasteiger partial charge < -0.3 is 28.8 Å². The number of esters is 1. The van der Waals surface area contributed by atoms with Crippen LogP contribution in [0.2, 0.25) is 0 Å². The van der Waals surface area contributed by atoms with Gasteiger partial charge in [-0.25, -0.2) is 9.59 Å². The van der Waals surface area contributed by atoms with Crippen molar-refractivity contribution in [3.8, 4) is 23.0 Å². The fourth-order valence-corrected chi connectivity index (χ4v) is 3.27. The first-order valence-corrected chi connectivity index (χ1v) is 10.2. The van der Waals surface area contributed by atoms with E-state index >= 15 is 0 Å². The third-order valence-corrected chi connectivity index (χ3v) is 4.87. The van der Waals surface area contributed by atoms with Gasteiger partial charge in [0, 0.05) is 0 Å². The third-order valence-electron chi connectivity index (χ3n) is 4.87. The van der Waals surface area contributed by atoms with E-state index in [1.807, 2.05) is 0 Å². The number of carboxylic acid groups (broad SMARTS) is 1. The molecule has 0 aliphatic heterocycles. The maximum absolute atomic E-state index is 13.0. The van der Waals surface area contributed by atoms with Crippen LogP contribution in [0.5, 0.6) is 23.0 Å². The van der Waals surface area contributed by atoms with Crippen molar-refractivity contribution in [3.05, 3.63) is 54.6 Å². The Labute approximate surface area is 224 Å². The van der Waals surface area contributed by atoms with Crippen LogP contribution in [0, 0.1) is 20.2 Å². The summed E-state index contributed by atoms with van der Waals surface area (Å²) in [4.78, 5) is 42.0. The van der Waals surface area contributed by atoms with Crippen LogP contribution in [0.15, 0.2) is 12.1 Å². The standard InChI is InChI=1S/C11H10F3NO6.C10H8F3NO6/c1-19-6-4-5(11(12,13)14)7(10(16)21-3)8(15(17)18)9(6)20-2;1-19-5-3-4(10(11,12)13)6(9(15)16)7(14(17)18)8(5)20-2/h4H,1-3H3;3H,1-2H3,(H,15,16). The van der Waals surface area contributed by atoms with Gasteiger partial charge in [-0.05, 0) is 12.1 Å². The second kappa shape index (κ2) is 12.9. The van der Waals surface area contributed by atoms with Gasteiger partial charge in [0.15, 0.2) is 22.6 Å². The number of hydrogen-bond acceptors (Lipinski definition) is 11. The Balaban J connectivity index is 0.000000410. The highest BCUT2D eigenvalue weighted by atomic mass is 19.4. The highest BCUT2D eigenvalue weighted by Gasteiger charge is 2.45. The average molecular weight is 604 g/mol. The van der Waals surface area contributed by atoms with Crippen molar-refractivity contribution in [1.82, 2.24) is 0 Å². The van der Waals surface area contributed by atoms with Gasteiger partial charge in [0.05, 0.1) is 56.5 Å². The molecule has 0 aromatic heterocycles. The number of hydrogen-bond donors (Lipinski definition) is 1. The van der Waals surface area contributed by atoms with Crippen molar-refractivity contribution in [2.75, 3.05) is 35.5 Å². The van der Waals surface area contributed by atoms with E-state index in [9.17, 15) is 56.2 Å². The summed E-state index contributed by atoms with van der Waals surface area (Å²) in [7, 11) is 4.74. The number of nitro groups is 2. The predicted molar refractivity (Wildman–Crippen MR) is 121 cm³/mol. The fourth-order valence-electron chi connectivity index (χ4n) is 3.27. The Bertz CT molecular complexity index is 1360. The van der Waals surface area contributed by atoms with Crippen molar-refractivity contribution in [3.63, 3.8) is 0 Å². The number of rotatable bonds is 8. The molecule has 0 aliphatic carbocycles. The van der Waals surface area contributed by atoms with E-state index in [1.165, 1.54) is 0 Å². The number of ether oxygens (including phenoxy) is 5. The molecular formula is C21H18F6N2O12. The van der Waals surface area contributed by atoms with Crippen molar-refractivity contribution in [1.29, 1.82) is 0 Å². The topological polar surface area (TPSA) is 187 Å². The molecular weight excluding hydrogens is 586 g/mol. The molecule has 0 fully saturated rings. The van der Waals surface area contributed by atoms with Crippen LogP contribution < -0.4 is 18.9 Å². The van der Waals surface area contributed by atoms with Crippen LogP contribution in [-0.2, 0) is 17.1 Å². The molecule has 0 aliphatic rings. The average Bonchev–Trinajstić information content (AvgIpc) is 2.88. The van der Waals surface area contributed by atoms with E-state index in [0.29, 0.717) is 12.1 Å². The number of methoxy groups -OCH3 is 5. The number of alkyl halides is 6. The molecule has 20 heteroatoms. The first kappa shape index (κ1) is 34.0. The lowest BCUT2D eigenvalue weighted by Gasteiger charge is -2.16. The molecule has 41 heavy (non-hydrogen) atoms. The van der Waals surface area contributed by atoms with Gasteiger partial charge in [0.2, 0.25) is 11.5 Å². The smallest absolute Gasteiger partial charge is 0.417 e. The van der Waals surface area contributed by atoms with Crippen LogP contribution >= 0.6 is 0 Å². The molecule has 0 saturated heterocycles. The molecule has 1 N–H and O–H groups in total. The van der Waals surface area contributed by atoms with E-state index in [2.05, 4.69) is 23.7 Å². The van der Waals surface area contributed by atoms with Crippen LogP contribution in [0.25, 0.3) is 0 Å². The maximum atomic E-state index is 13.0. The molecule has 0 saturated carbocycles. The summed E-state index contributed by atoms with van der Waals surface area (Å²) in [5, 5.41) is 30.8. The largest absolute Gasteiger partial charge is 0.493 e. The summed E-state index contributed by atoms with van der Waals surface area (Å²) in [6, 6.07) is 0.785. The summed E-state index contributed by atoms with van der Waals surface area (Å²) in [5.74, 6) is -6.00. The minimum Gasteiger partial charge on any atom is -0.493 e. The van der Waals surface area contributed by atoms with E-state index < -0.39 is 90.8 Å². The Kier molecular flexibility index (Phi) is 10.7. The molecule has 0 heterocycles. The second-order valence-corrected chi connectivity index (χ2v) is 7.07. The Morgan fingerprint density at radius 2 is 1.05 bits per heavy atom. The Hall–Kier alpha value is -5.04. The summed E-state index contributed by atoms with van der Waals surface area (Å²) in [5.41, 5.74) is -8.46. The molecule has 226 valence electrons. The zero-order valence-electron chi connectivity index (χ0n) is 21.3. The van der Waals surface area contributed by atoms with Gasteiger partial charge in [0.25, 0.3) is 0 Å². The van der Waals surface area contributed by atoms with Gasteiger partial charge in [-0.2, -0.15) is 26.3 Å². The number of carbonyl (C=O) groups is 2. The number of halogens is 6. The molecule has 2 aromatic rings. The molecule has 2 aromatic carbocycles. The zero-order valence-corrected chi connectivity index (χ0v) is 21.3. The van der Waals surface area contributed by atoms with Crippen LogP contribution in [0.4, 0.5) is 37.7 Å². The van der Waals surface area contributed by atoms with Gasteiger partial charge in [-0.3, -0.25) is 20.2 Å². The van der Waals surface area contributed by atoms with E-state index in [0.717, 1.165) is 35.5 Å². The summed E-state index contributed by atoms with van der Waals surface area (Å²) >= 11 is 0.